The van der Waals surface area contributed by atoms with Gasteiger partial charge in [-0.15, -0.1) is 0 Å². The van der Waals surface area contributed by atoms with Gasteiger partial charge in [-0.25, -0.2) is 0 Å². The van der Waals surface area contributed by atoms with Crippen LogP contribution < -0.4 is 5.32 Å². The first-order chi connectivity index (χ1) is 9.75. The average molecular weight is 326 g/mol. The van der Waals surface area contributed by atoms with Crippen LogP contribution >= 0.6 is 11.8 Å². The number of hydrogen-bond donors (Lipinski definition) is 1. The van der Waals surface area contributed by atoms with Crippen molar-refractivity contribution in [1.29, 1.82) is 0 Å². The minimum atomic E-state index is -4.80. The Labute approximate surface area is 126 Å². The molecule has 8 heteroatoms. The fourth-order valence-corrected chi connectivity index (χ4v) is 2.92. The largest absolute Gasteiger partial charge is 0.471 e. The van der Waals surface area contributed by atoms with Gasteiger partial charge < -0.3 is 10.2 Å². The lowest BCUT2D eigenvalue weighted by Crippen LogP contribution is -2.47. The van der Waals surface area contributed by atoms with Gasteiger partial charge in [-0.3, -0.25) is 9.59 Å². The molecule has 1 rings (SSSR count). The van der Waals surface area contributed by atoms with E-state index in [1.54, 1.807) is 11.8 Å². The van der Waals surface area contributed by atoms with Crippen LogP contribution in [0.3, 0.4) is 0 Å². The van der Waals surface area contributed by atoms with Crippen LogP contribution in [0.4, 0.5) is 13.2 Å². The minimum absolute atomic E-state index is 0.0295. The van der Waals surface area contributed by atoms with Crippen molar-refractivity contribution >= 4 is 23.6 Å². The van der Waals surface area contributed by atoms with Gasteiger partial charge in [-0.2, -0.15) is 24.9 Å². The van der Waals surface area contributed by atoms with Gasteiger partial charge in [-0.05, 0) is 25.0 Å². The van der Waals surface area contributed by atoms with Gasteiger partial charge in [0.15, 0.2) is 0 Å². The Morgan fingerprint density at radius 2 is 1.90 bits per heavy atom. The Morgan fingerprint density at radius 1 is 1.33 bits per heavy atom. The first-order valence-corrected chi connectivity index (χ1v) is 8.27. The molecule has 0 aromatic heterocycles. The molecule has 2 amide bonds. The molecule has 1 aliphatic heterocycles. The molecule has 0 aromatic rings. The maximum atomic E-state index is 12.3. The van der Waals surface area contributed by atoms with Gasteiger partial charge in [0, 0.05) is 31.3 Å². The third-order valence-corrected chi connectivity index (χ3v) is 4.41. The molecule has 4 nitrogen and oxygen atoms in total. The zero-order valence-corrected chi connectivity index (χ0v) is 13.0. The number of thioether (sulfide) groups is 1. The summed E-state index contributed by atoms with van der Waals surface area (Å²) in [5.41, 5.74) is 0. The van der Waals surface area contributed by atoms with E-state index in [9.17, 15) is 22.8 Å². The Hall–Kier alpha value is -0.920. The number of likely N-dealkylation sites (tertiary alicyclic amines) is 1. The van der Waals surface area contributed by atoms with Crippen LogP contribution in [0.5, 0.6) is 0 Å². The van der Waals surface area contributed by atoms with E-state index in [0.717, 1.165) is 10.7 Å². The molecule has 1 saturated heterocycles. The Morgan fingerprint density at radius 3 is 2.38 bits per heavy atom. The third-order valence-electron chi connectivity index (χ3n) is 3.57. The molecule has 0 saturated carbocycles. The van der Waals surface area contributed by atoms with Crippen molar-refractivity contribution < 1.29 is 22.8 Å². The summed E-state index contributed by atoms with van der Waals surface area (Å²) < 4.78 is 36.9. The number of carbonyl (C=O) groups is 2. The molecule has 0 radical (unpaired) electrons. The number of halogens is 3. The van der Waals surface area contributed by atoms with E-state index >= 15 is 0 Å². The summed E-state index contributed by atoms with van der Waals surface area (Å²) in [6.07, 6.45) is -1.90. The van der Waals surface area contributed by atoms with Crippen molar-refractivity contribution in [3.8, 4) is 0 Å². The van der Waals surface area contributed by atoms with Crippen LogP contribution in [0, 0.1) is 11.8 Å². The SMILES string of the molecule is CSC[C@@H](C)C(=O)NCC1CCN(C(=O)C(F)(F)F)CC1. The Bertz CT molecular complexity index is 369. The number of amides is 2. The van der Waals surface area contributed by atoms with Crippen molar-refractivity contribution in [3.63, 3.8) is 0 Å². The summed E-state index contributed by atoms with van der Waals surface area (Å²) in [6, 6.07) is 0. The molecule has 0 spiro atoms. The van der Waals surface area contributed by atoms with Crippen molar-refractivity contribution in [2.75, 3.05) is 31.6 Å². The normalized spacial score (nSPS) is 18.4. The van der Waals surface area contributed by atoms with Crippen molar-refractivity contribution in [2.45, 2.75) is 25.9 Å². The van der Waals surface area contributed by atoms with E-state index in [1.807, 2.05) is 13.2 Å². The van der Waals surface area contributed by atoms with E-state index < -0.39 is 12.1 Å². The van der Waals surface area contributed by atoms with Crippen LogP contribution in [-0.4, -0.2) is 54.5 Å². The molecule has 1 atom stereocenters. The fraction of sp³-hybridized carbons (Fsp3) is 0.846. The van der Waals surface area contributed by atoms with Crippen LogP contribution in [0.2, 0.25) is 0 Å². The molecule has 21 heavy (non-hydrogen) atoms. The number of piperidine rings is 1. The molecule has 0 aliphatic carbocycles. The van der Waals surface area contributed by atoms with E-state index in [4.69, 9.17) is 0 Å². The first kappa shape index (κ1) is 18.1. The van der Waals surface area contributed by atoms with E-state index in [1.165, 1.54) is 0 Å². The van der Waals surface area contributed by atoms with Crippen LogP contribution in [0.1, 0.15) is 19.8 Å². The molecule has 1 heterocycles. The van der Waals surface area contributed by atoms with E-state index in [-0.39, 0.29) is 30.8 Å². The second-order valence-electron chi connectivity index (χ2n) is 5.33. The summed E-state index contributed by atoms with van der Waals surface area (Å²) in [4.78, 5) is 23.7. The third kappa shape index (κ3) is 5.76. The number of nitrogens with zero attached hydrogens (tertiary/aromatic N) is 1. The first-order valence-electron chi connectivity index (χ1n) is 6.88. The monoisotopic (exact) mass is 326 g/mol. The summed E-state index contributed by atoms with van der Waals surface area (Å²) in [7, 11) is 0. The molecule has 0 unspecified atom stereocenters. The molecular formula is C13H21F3N2O2S. The zero-order valence-electron chi connectivity index (χ0n) is 12.2. The maximum Gasteiger partial charge on any atom is 0.471 e. The van der Waals surface area contributed by atoms with Crippen LogP contribution in [-0.2, 0) is 9.59 Å². The van der Waals surface area contributed by atoms with Crippen molar-refractivity contribution in [1.82, 2.24) is 10.2 Å². The molecule has 1 N–H and O–H groups in total. The minimum Gasteiger partial charge on any atom is -0.356 e. The summed E-state index contributed by atoms with van der Waals surface area (Å²) >= 11 is 1.59. The molecule has 1 aliphatic rings. The quantitative estimate of drug-likeness (QED) is 0.839. The van der Waals surface area contributed by atoms with Gasteiger partial charge in [0.05, 0.1) is 0 Å². The lowest BCUT2D eigenvalue weighted by atomic mass is 9.96. The highest BCUT2D eigenvalue weighted by Crippen LogP contribution is 2.23. The molecule has 0 aromatic carbocycles. The lowest BCUT2D eigenvalue weighted by molar-refractivity contribution is -0.186. The second-order valence-corrected chi connectivity index (χ2v) is 6.25. The van der Waals surface area contributed by atoms with E-state index in [0.29, 0.717) is 19.4 Å². The standard InChI is InChI=1S/C13H21F3N2O2S/c1-9(8-21-2)11(19)17-7-10-3-5-18(6-4-10)12(20)13(14,15)16/h9-10H,3-8H2,1-2H3,(H,17,19)/t9-/m1/s1. The molecule has 1 fully saturated rings. The number of rotatable bonds is 5. The predicted octanol–water partition coefficient (Wildman–Crippen LogP) is 1.90. The second kappa shape index (κ2) is 7.91. The number of carbonyl (C=O) groups excluding carboxylic acids is 2. The maximum absolute atomic E-state index is 12.3. The van der Waals surface area contributed by atoms with Crippen molar-refractivity contribution in [2.24, 2.45) is 11.8 Å². The van der Waals surface area contributed by atoms with Crippen LogP contribution in [0.15, 0.2) is 0 Å². The van der Waals surface area contributed by atoms with Gasteiger partial charge in [0.2, 0.25) is 5.91 Å². The average Bonchev–Trinajstić information content (AvgIpc) is 2.43. The van der Waals surface area contributed by atoms with Gasteiger partial charge in [0.1, 0.15) is 0 Å². The Kier molecular flexibility index (Phi) is 6.83. The molecular weight excluding hydrogens is 305 g/mol. The smallest absolute Gasteiger partial charge is 0.356 e. The van der Waals surface area contributed by atoms with E-state index in [2.05, 4.69) is 5.32 Å². The number of nitrogens with one attached hydrogen (secondary N) is 1. The zero-order chi connectivity index (χ0) is 16.0. The lowest BCUT2D eigenvalue weighted by Gasteiger charge is -2.32. The van der Waals surface area contributed by atoms with Gasteiger partial charge in [0.25, 0.3) is 0 Å². The Balaban J connectivity index is 2.31. The number of alkyl halides is 3. The molecule has 0 bridgehead atoms. The highest BCUT2D eigenvalue weighted by atomic mass is 32.2. The fourth-order valence-electron chi connectivity index (χ4n) is 2.26. The molecule has 122 valence electrons. The van der Waals surface area contributed by atoms with Crippen molar-refractivity contribution in [3.05, 3.63) is 0 Å². The summed E-state index contributed by atoms with van der Waals surface area (Å²) in [5, 5.41) is 2.83. The highest BCUT2D eigenvalue weighted by molar-refractivity contribution is 7.98. The predicted molar refractivity (Wildman–Crippen MR) is 75.9 cm³/mol. The highest BCUT2D eigenvalue weighted by Gasteiger charge is 2.43. The van der Waals surface area contributed by atoms with Gasteiger partial charge >= 0.3 is 12.1 Å². The van der Waals surface area contributed by atoms with Gasteiger partial charge in [-0.1, -0.05) is 6.92 Å². The number of hydrogen-bond acceptors (Lipinski definition) is 3. The topological polar surface area (TPSA) is 49.4 Å². The van der Waals surface area contributed by atoms with Crippen LogP contribution in [0.25, 0.3) is 0 Å². The summed E-state index contributed by atoms with van der Waals surface area (Å²) in [5.74, 6) is -0.999. The summed E-state index contributed by atoms with van der Waals surface area (Å²) in [6.45, 7) is 2.50.